The molecule has 0 aromatic rings. The van der Waals surface area contributed by atoms with Crippen molar-refractivity contribution in [2.75, 3.05) is 0 Å². The van der Waals surface area contributed by atoms with Gasteiger partial charge in [-0.15, -0.1) is 0 Å². The van der Waals surface area contributed by atoms with Crippen LogP contribution < -0.4 is 0 Å². The second-order valence-electron chi connectivity index (χ2n) is 6.92. The molecular weight excluding hydrogens is 180 g/mol. The summed E-state index contributed by atoms with van der Waals surface area (Å²) in [5.41, 5.74) is 4.81. The van der Waals surface area contributed by atoms with E-state index in [1.165, 1.54) is 32.1 Å². The monoisotopic (exact) mass is 204 g/mol. The van der Waals surface area contributed by atoms with Crippen molar-refractivity contribution in [1.29, 1.82) is 0 Å². The van der Waals surface area contributed by atoms with Crippen LogP contribution in [0, 0.1) is 22.7 Å². The lowest BCUT2D eigenvalue weighted by Gasteiger charge is -2.37. The third kappa shape index (κ3) is 0.990. The van der Waals surface area contributed by atoms with Crippen LogP contribution in [0.25, 0.3) is 0 Å². The lowest BCUT2D eigenvalue weighted by atomic mass is 9.67. The van der Waals surface area contributed by atoms with Crippen LogP contribution in [0.15, 0.2) is 11.1 Å². The Morgan fingerprint density at radius 1 is 1.20 bits per heavy atom. The third-order valence-corrected chi connectivity index (χ3v) is 6.20. The molecule has 2 bridgehead atoms. The Bertz CT molecular complexity index is 334. The minimum Gasteiger partial charge on any atom is -0.0735 e. The fourth-order valence-corrected chi connectivity index (χ4v) is 5.26. The summed E-state index contributed by atoms with van der Waals surface area (Å²) in [5.74, 6) is 1.97. The predicted molar refractivity (Wildman–Crippen MR) is 64.7 cm³/mol. The van der Waals surface area contributed by atoms with Crippen molar-refractivity contribution in [1.82, 2.24) is 0 Å². The van der Waals surface area contributed by atoms with Gasteiger partial charge < -0.3 is 0 Å². The molecule has 3 aliphatic rings. The van der Waals surface area contributed by atoms with E-state index >= 15 is 0 Å². The Kier molecular flexibility index (Phi) is 1.79. The van der Waals surface area contributed by atoms with E-state index in [0.29, 0.717) is 5.41 Å². The molecule has 0 aromatic carbocycles. The molecule has 3 atom stereocenters. The second-order valence-corrected chi connectivity index (χ2v) is 6.92. The molecule has 15 heavy (non-hydrogen) atoms. The van der Waals surface area contributed by atoms with Crippen molar-refractivity contribution in [3.8, 4) is 0 Å². The third-order valence-electron chi connectivity index (χ3n) is 6.20. The molecule has 0 amide bonds. The average Bonchev–Trinajstić information content (AvgIpc) is 2.57. The molecule has 0 heteroatoms. The van der Waals surface area contributed by atoms with Gasteiger partial charge in [-0.1, -0.05) is 31.9 Å². The van der Waals surface area contributed by atoms with Crippen molar-refractivity contribution in [2.45, 2.75) is 59.8 Å². The summed E-state index contributed by atoms with van der Waals surface area (Å²) in [6.45, 7) is 9.93. The SMILES string of the molecule is CC1=C2C[C@]3(CC1)[C@H](C)CC[C@H]3C2(C)C. The van der Waals surface area contributed by atoms with Crippen LogP contribution >= 0.6 is 0 Å². The van der Waals surface area contributed by atoms with Gasteiger partial charge in [0.05, 0.1) is 0 Å². The standard InChI is InChI=1S/C15H24/c1-10-7-8-15-9-12(10)14(3,4)13(15)6-5-11(15)2/h11,13H,5-9H2,1-4H3/t11-,13+,15-/m1/s1. The molecule has 0 aliphatic heterocycles. The van der Waals surface area contributed by atoms with E-state index in [1.54, 1.807) is 5.57 Å². The summed E-state index contributed by atoms with van der Waals surface area (Å²) in [6, 6.07) is 0. The van der Waals surface area contributed by atoms with Gasteiger partial charge >= 0.3 is 0 Å². The number of fused-ring (bicyclic) bond motifs is 1. The van der Waals surface area contributed by atoms with Crippen LogP contribution in [0.4, 0.5) is 0 Å². The van der Waals surface area contributed by atoms with E-state index < -0.39 is 0 Å². The normalized spacial score (nSPS) is 47.2. The molecule has 0 nitrogen and oxygen atoms in total. The van der Waals surface area contributed by atoms with Gasteiger partial charge in [0.25, 0.3) is 0 Å². The molecule has 0 unspecified atom stereocenters. The quantitative estimate of drug-likeness (QED) is 0.507. The molecule has 0 saturated heterocycles. The molecule has 1 spiro atoms. The van der Waals surface area contributed by atoms with E-state index in [1.807, 2.05) is 5.57 Å². The van der Waals surface area contributed by atoms with E-state index in [2.05, 4.69) is 27.7 Å². The minimum absolute atomic E-state index is 0.519. The van der Waals surface area contributed by atoms with Crippen molar-refractivity contribution in [2.24, 2.45) is 22.7 Å². The van der Waals surface area contributed by atoms with E-state index in [4.69, 9.17) is 0 Å². The maximum atomic E-state index is 2.52. The fraction of sp³-hybridized carbons (Fsp3) is 0.867. The molecule has 3 rings (SSSR count). The zero-order chi connectivity index (χ0) is 10.8. The predicted octanol–water partition coefficient (Wildman–Crippen LogP) is 4.56. The van der Waals surface area contributed by atoms with Crippen molar-refractivity contribution in [3.05, 3.63) is 11.1 Å². The van der Waals surface area contributed by atoms with Gasteiger partial charge in [-0.3, -0.25) is 0 Å². The minimum atomic E-state index is 0.519. The Labute approximate surface area is 94.1 Å². The highest BCUT2D eigenvalue weighted by Crippen LogP contribution is 2.70. The highest BCUT2D eigenvalue weighted by molar-refractivity contribution is 5.34. The van der Waals surface area contributed by atoms with Gasteiger partial charge in [-0.05, 0) is 61.7 Å². The molecule has 0 aromatic heterocycles. The van der Waals surface area contributed by atoms with Crippen LogP contribution in [0.5, 0.6) is 0 Å². The zero-order valence-electron chi connectivity index (χ0n) is 10.7. The average molecular weight is 204 g/mol. The first-order chi connectivity index (χ1) is 6.98. The Morgan fingerprint density at radius 3 is 2.67 bits per heavy atom. The smallest absolute Gasteiger partial charge is 0.0108 e. The molecule has 0 N–H and O–H groups in total. The lowest BCUT2D eigenvalue weighted by Crippen LogP contribution is -2.30. The number of hydrogen-bond donors (Lipinski definition) is 0. The lowest BCUT2D eigenvalue weighted by molar-refractivity contribution is 0.117. The van der Waals surface area contributed by atoms with Gasteiger partial charge in [0.2, 0.25) is 0 Å². The molecule has 0 radical (unpaired) electrons. The Balaban J connectivity index is 2.15. The number of hydrogen-bond acceptors (Lipinski definition) is 0. The summed E-state index contributed by atoms with van der Waals surface area (Å²) >= 11 is 0. The van der Waals surface area contributed by atoms with Crippen LogP contribution in [-0.4, -0.2) is 0 Å². The first-order valence-electron chi connectivity index (χ1n) is 6.67. The number of allylic oxidation sites excluding steroid dienone is 2. The Hall–Kier alpha value is -0.260. The summed E-state index contributed by atoms with van der Waals surface area (Å²) in [7, 11) is 0. The molecule has 2 saturated carbocycles. The zero-order valence-corrected chi connectivity index (χ0v) is 10.7. The fourth-order valence-electron chi connectivity index (χ4n) is 5.26. The van der Waals surface area contributed by atoms with Crippen LogP contribution in [0.1, 0.15) is 59.8 Å². The van der Waals surface area contributed by atoms with Gasteiger partial charge in [-0.2, -0.15) is 0 Å². The highest BCUT2D eigenvalue weighted by Gasteiger charge is 2.61. The largest absolute Gasteiger partial charge is 0.0735 e. The van der Waals surface area contributed by atoms with E-state index in [0.717, 1.165) is 17.3 Å². The number of rotatable bonds is 0. The first kappa shape index (κ1) is 9.93. The van der Waals surface area contributed by atoms with Crippen LogP contribution in [0.2, 0.25) is 0 Å². The molecule has 84 valence electrons. The van der Waals surface area contributed by atoms with E-state index in [-0.39, 0.29) is 0 Å². The Morgan fingerprint density at radius 2 is 1.93 bits per heavy atom. The summed E-state index contributed by atoms with van der Waals surface area (Å²) < 4.78 is 0. The summed E-state index contributed by atoms with van der Waals surface area (Å²) in [5, 5.41) is 0. The first-order valence-corrected chi connectivity index (χ1v) is 6.67. The van der Waals surface area contributed by atoms with Gasteiger partial charge in [0.1, 0.15) is 0 Å². The topological polar surface area (TPSA) is 0 Å². The van der Waals surface area contributed by atoms with Crippen LogP contribution in [0.3, 0.4) is 0 Å². The van der Waals surface area contributed by atoms with Crippen LogP contribution in [-0.2, 0) is 0 Å². The van der Waals surface area contributed by atoms with Gasteiger partial charge in [0.15, 0.2) is 0 Å². The van der Waals surface area contributed by atoms with E-state index in [9.17, 15) is 0 Å². The molecular formula is C15H24. The highest BCUT2D eigenvalue weighted by atomic mass is 14.7. The maximum absolute atomic E-state index is 2.52. The van der Waals surface area contributed by atoms with Gasteiger partial charge in [0, 0.05) is 0 Å². The molecule has 2 fully saturated rings. The van der Waals surface area contributed by atoms with Gasteiger partial charge in [-0.25, -0.2) is 0 Å². The maximum Gasteiger partial charge on any atom is -0.0108 e. The molecule has 0 heterocycles. The van der Waals surface area contributed by atoms with Crippen molar-refractivity contribution < 1.29 is 0 Å². The van der Waals surface area contributed by atoms with Crippen molar-refractivity contribution in [3.63, 3.8) is 0 Å². The van der Waals surface area contributed by atoms with Crippen molar-refractivity contribution >= 4 is 0 Å². The second kappa shape index (κ2) is 2.70. The summed E-state index contributed by atoms with van der Waals surface area (Å²) in [6.07, 6.45) is 7.29. The molecule has 3 aliphatic carbocycles. The summed E-state index contributed by atoms with van der Waals surface area (Å²) in [4.78, 5) is 0.